The van der Waals surface area contributed by atoms with E-state index >= 15 is 0 Å². The smallest absolute Gasteiger partial charge is 0.247 e. The molecule has 1 saturated heterocycles. The fourth-order valence-corrected chi connectivity index (χ4v) is 6.69. The highest BCUT2D eigenvalue weighted by Gasteiger charge is 2.51. The van der Waals surface area contributed by atoms with Crippen LogP contribution in [0.1, 0.15) is 70.8 Å². The number of benzene rings is 1. The molecule has 0 radical (unpaired) electrons. The second kappa shape index (κ2) is 10.7. The van der Waals surface area contributed by atoms with Crippen molar-refractivity contribution < 1.29 is 18.0 Å². The van der Waals surface area contributed by atoms with E-state index in [2.05, 4.69) is 5.32 Å². The predicted molar refractivity (Wildman–Crippen MR) is 132 cm³/mol. The van der Waals surface area contributed by atoms with Crippen LogP contribution in [-0.2, 0) is 19.6 Å². The van der Waals surface area contributed by atoms with Gasteiger partial charge in [-0.1, -0.05) is 50.6 Å². The molecule has 9 heteroatoms. The number of hydrogen-bond acceptors (Lipinski definition) is 4. The van der Waals surface area contributed by atoms with Crippen molar-refractivity contribution in [2.24, 2.45) is 0 Å². The Hall–Kier alpha value is -1.64. The van der Waals surface area contributed by atoms with Crippen LogP contribution in [0, 0.1) is 6.92 Å². The van der Waals surface area contributed by atoms with E-state index in [1.54, 1.807) is 32.0 Å². The van der Waals surface area contributed by atoms with E-state index in [1.165, 1.54) is 15.6 Å². The topological polar surface area (TPSA) is 86.8 Å². The van der Waals surface area contributed by atoms with Gasteiger partial charge in [0, 0.05) is 23.3 Å². The maximum absolute atomic E-state index is 13.8. The summed E-state index contributed by atoms with van der Waals surface area (Å²) in [5, 5.41) is 3.71. The molecule has 3 rings (SSSR count). The zero-order valence-electron chi connectivity index (χ0n) is 19.9. The summed E-state index contributed by atoms with van der Waals surface area (Å²) >= 11 is 6.13. The number of piperazine rings is 1. The van der Waals surface area contributed by atoms with Crippen molar-refractivity contribution in [3.63, 3.8) is 0 Å². The second-order valence-electron chi connectivity index (χ2n) is 9.53. The van der Waals surface area contributed by atoms with Crippen LogP contribution in [0.25, 0.3) is 0 Å². The molecular weight excluding hydrogens is 462 g/mol. The molecule has 0 spiro atoms. The first-order valence-corrected chi connectivity index (χ1v) is 13.9. The molecule has 1 unspecified atom stereocenters. The lowest BCUT2D eigenvalue weighted by atomic mass is 9.91. The fourth-order valence-electron chi connectivity index (χ4n) is 4.94. The molecule has 1 saturated carbocycles. The van der Waals surface area contributed by atoms with Crippen molar-refractivity contribution in [3.05, 3.63) is 28.8 Å². The van der Waals surface area contributed by atoms with Gasteiger partial charge in [0.15, 0.2) is 0 Å². The van der Waals surface area contributed by atoms with E-state index < -0.39 is 21.5 Å². The van der Waals surface area contributed by atoms with E-state index in [9.17, 15) is 18.0 Å². The van der Waals surface area contributed by atoms with Crippen molar-refractivity contribution in [1.29, 1.82) is 0 Å². The van der Waals surface area contributed by atoms with Crippen LogP contribution in [0.3, 0.4) is 0 Å². The fraction of sp³-hybridized carbons (Fsp3) is 0.667. The number of aryl methyl sites for hydroxylation is 1. The highest BCUT2D eigenvalue weighted by Crippen LogP contribution is 2.34. The Bertz CT molecular complexity index is 976. The molecule has 1 aromatic carbocycles. The monoisotopic (exact) mass is 497 g/mol. The van der Waals surface area contributed by atoms with E-state index in [1.807, 2.05) is 6.92 Å². The summed E-state index contributed by atoms with van der Waals surface area (Å²) in [4.78, 5) is 28.7. The summed E-state index contributed by atoms with van der Waals surface area (Å²) in [5.74, 6) is -0.783. The molecule has 1 aliphatic heterocycles. The minimum atomic E-state index is -3.65. The molecule has 0 bridgehead atoms. The number of nitrogens with one attached hydrogen (secondary N) is 1. The van der Waals surface area contributed by atoms with Gasteiger partial charge >= 0.3 is 0 Å². The van der Waals surface area contributed by atoms with E-state index in [-0.39, 0.29) is 30.8 Å². The highest BCUT2D eigenvalue weighted by molar-refractivity contribution is 7.89. The van der Waals surface area contributed by atoms with Gasteiger partial charge in [0.1, 0.15) is 5.54 Å². The van der Waals surface area contributed by atoms with Gasteiger partial charge in [-0.15, -0.1) is 0 Å². The zero-order chi connectivity index (χ0) is 24.2. The highest BCUT2D eigenvalue weighted by atomic mass is 35.5. The first kappa shape index (κ1) is 26.0. The average molecular weight is 498 g/mol. The first-order chi connectivity index (χ1) is 15.6. The SMILES string of the molecule is CCCS(=O)(=O)N1CC(=O)N(c2ccc(Cl)cc2C)C(C)(C(=O)NC2CCCCCCC2)C1. The number of halogens is 1. The Labute approximate surface area is 202 Å². The zero-order valence-corrected chi connectivity index (χ0v) is 21.5. The van der Waals surface area contributed by atoms with Crippen LogP contribution in [0.4, 0.5) is 5.69 Å². The molecule has 2 aliphatic rings. The molecule has 2 amide bonds. The number of nitrogens with zero attached hydrogens (tertiary/aromatic N) is 2. The van der Waals surface area contributed by atoms with Gasteiger partial charge in [-0.2, -0.15) is 4.31 Å². The third-order valence-electron chi connectivity index (χ3n) is 6.72. The number of anilines is 1. The summed E-state index contributed by atoms with van der Waals surface area (Å²) in [6.07, 6.45) is 7.87. The van der Waals surface area contributed by atoms with Gasteiger partial charge < -0.3 is 5.32 Å². The number of amides is 2. The molecule has 1 aliphatic carbocycles. The molecule has 33 heavy (non-hydrogen) atoms. The van der Waals surface area contributed by atoms with Crippen LogP contribution in [-0.4, -0.2) is 55.0 Å². The number of hydrogen-bond donors (Lipinski definition) is 1. The van der Waals surface area contributed by atoms with Gasteiger partial charge in [0.25, 0.3) is 0 Å². The lowest BCUT2D eigenvalue weighted by molar-refractivity contribution is -0.133. The molecule has 0 aromatic heterocycles. The normalized spacial score (nSPS) is 23.8. The molecule has 7 nitrogen and oxygen atoms in total. The van der Waals surface area contributed by atoms with Crippen molar-refractivity contribution in [2.75, 3.05) is 23.7 Å². The minimum absolute atomic E-state index is 0.0283. The molecule has 1 atom stereocenters. The summed E-state index contributed by atoms with van der Waals surface area (Å²) < 4.78 is 26.9. The third kappa shape index (κ3) is 5.89. The Balaban J connectivity index is 1.98. The maximum atomic E-state index is 13.8. The van der Waals surface area contributed by atoms with Crippen molar-refractivity contribution in [1.82, 2.24) is 9.62 Å². The van der Waals surface area contributed by atoms with Crippen molar-refractivity contribution >= 4 is 39.1 Å². The van der Waals surface area contributed by atoms with Gasteiger partial charge in [0.2, 0.25) is 21.8 Å². The third-order valence-corrected chi connectivity index (χ3v) is 8.93. The molecule has 1 aromatic rings. The van der Waals surface area contributed by atoms with E-state index in [0.29, 0.717) is 17.1 Å². The Morgan fingerprint density at radius 2 is 1.82 bits per heavy atom. The molecular formula is C24H36ClN3O4S. The molecule has 2 fully saturated rings. The van der Waals surface area contributed by atoms with Gasteiger partial charge in [-0.05, 0) is 56.9 Å². The van der Waals surface area contributed by atoms with E-state index in [4.69, 9.17) is 11.6 Å². The number of sulfonamides is 1. The van der Waals surface area contributed by atoms with Gasteiger partial charge in [-0.3, -0.25) is 14.5 Å². The first-order valence-electron chi connectivity index (χ1n) is 12.0. The lowest BCUT2D eigenvalue weighted by Crippen LogP contribution is -2.71. The van der Waals surface area contributed by atoms with Gasteiger partial charge in [-0.25, -0.2) is 8.42 Å². The van der Waals surface area contributed by atoms with Crippen LogP contribution >= 0.6 is 11.6 Å². The van der Waals surface area contributed by atoms with Crippen LogP contribution in [0.5, 0.6) is 0 Å². The van der Waals surface area contributed by atoms with E-state index in [0.717, 1.165) is 44.1 Å². The summed E-state index contributed by atoms with van der Waals surface area (Å²) in [6, 6.07) is 5.19. The largest absolute Gasteiger partial charge is 0.351 e. The molecule has 184 valence electrons. The second-order valence-corrected chi connectivity index (χ2v) is 12.1. The van der Waals surface area contributed by atoms with Crippen LogP contribution in [0.15, 0.2) is 18.2 Å². The summed E-state index contributed by atoms with van der Waals surface area (Å²) in [7, 11) is -3.65. The predicted octanol–water partition coefficient (Wildman–Crippen LogP) is 4.02. The molecule has 1 heterocycles. The lowest BCUT2D eigenvalue weighted by Gasteiger charge is -2.47. The minimum Gasteiger partial charge on any atom is -0.351 e. The quantitative estimate of drug-likeness (QED) is 0.643. The number of carbonyl (C=O) groups excluding carboxylic acids is 2. The number of carbonyl (C=O) groups is 2. The van der Waals surface area contributed by atoms with Crippen molar-refractivity contribution in [2.45, 2.75) is 83.7 Å². The average Bonchev–Trinajstić information content (AvgIpc) is 2.70. The van der Waals surface area contributed by atoms with Crippen LogP contribution in [0.2, 0.25) is 5.02 Å². The summed E-state index contributed by atoms with van der Waals surface area (Å²) in [6.45, 7) is 4.93. The Kier molecular flexibility index (Phi) is 8.45. The van der Waals surface area contributed by atoms with Crippen LogP contribution < -0.4 is 10.2 Å². The number of rotatable bonds is 6. The Morgan fingerprint density at radius 3 is 2.42 bits per heavy atom. The van der Waals surface area contributed by atoms with Gasteiger partial charge in [0.05, 0.1) is 12.3 Å². The van der Waals surface area contributed by atoms with Crippen molar-refractivity contribution in [3.8, 4) is 0 Å². The summed E-state index contributed by atoms with van der Waals surface area (Å²) in [5.41, 5.74) is -0.0464. The molecule has 1 N–H and O–H groups in total. The Morgan fingerprint density at radius 1 is 1.18 bits per heavy atom. The standard InChI is InChI=1S/C24H36ClN3O4S/c1-4-14-33(31,32)27-16-22(29)28(21-13-12-19(25)15-18(21)2)24(3,17-27)23(30)26-20-10-8-6-5-7-9-11-20/h12-13,15,20H,4-11,14,16-17H2,1-3H3,(H,26,30). The maximum Gasteiger partial charge on any atom is 0.247 e.